The summed E-state index contributed by atoms with van der Waals surface area (Å²) in [5.74, 6) is 0.275. The summed E-state index contributed by atoms with van der Waals surface area (Å²) in [7, 11) is 2.11. The molecule has 0 spiro atoms. The van der Waals surface area contributed by atoms with Crippen molar-refractivity contribution in [2.45, 2.75) is 11.8 Å². The monoisotopic (exact) mass is 391 g/mol. The molecule has 3 heteroatoms. The fraction of sp³-hybridized carbons (Fsp3) is 0.111. The fourth-order valence-electron chi connectivity index (χ4n) is 4.50. The molecule has 0 radical (unpaired) electrons. The van der Waals surface area contributed by atoms with Crippen LogP contribution in [0.1, 0.15) is 45.5 Å². The largest absolute Gasteiger partial charge is 0.364 e. The molecule has 2 atom stereocenters. The lowest BCUT2D eigenvalue weighted by Crippen LogP contribution is -2.10. The van der Waals surface area contributed by atoms with E-state index in [1.54, 1.807) is 0 Å². The molecule has 0 saturated carbocycles. The molecule has 148 valence electrons. The number of H-pyrrole nitrogens is 2. The van der Waals surface area contributed by atoms with Crippen LogP contribution in [0.15, 0.2) is 110 Å². The molecule has 0 aliphatic carbocycles. The van der Waals surface area contributed by atoms with Gasteiger partial charge in [0.25, 0.3) is 0 Å². The normalized spacial score (nSPS) is 13.2. The Morgan fingerprint density at radius 2 is 1.00 bits per heavy atom. The average molecular weight is 392 g/mol. The van der Waals surface area contributed by atoms with Crippen molar-refractivity contribution in [1.82, 2.24) is 14.5 Å². The van der Waals surface area contributed by atoms with Crippen LogP contribution < -0.4 is 0 Å². The highest BCUT2D eigenvalue weighted by Crippen LogP contribution is 2.40. The van der Waals surface area contributed by atoms with Crippen LogP contribution in [0.4, 0.5) is 0 Å². The molecule has 5 rings (SSSR count). The first-order chi connectivity index (χ1) is 14.8. The van der Waals surface area contributed by atoms with E-state index in [0.29, 0.717) is 0 Å². The van der Waals surface area contributed by atoms with Crippen LogP contribution in [0.5, 0.6) is 0 Å². The molecule has 0 aliphatic heterocycles. The van der Waals surface area contributed by atoms with Gasteiger partial charge in [-0.05, 0) is 46.5 Å². The molecule has 2 aromatic carbocycles. The first-order valence-electron chi connectivity index (χ1n) is 10.3. The molecule has 0 fully saturated rings. The number of aromatic amines is 2. The van der Waals surface area contributed by atoms with Gasteiger partial charge in [0.15, 0.2) is 0 Å². The van der Waals surface area contributed by atoms with Gasteiger partial charge in [0.2, 0.25) is 0 Å². The zero-order chi connectivity index (χ0) is 20.3. The van der Waals surface area contributed by atoms with Crippen molar-refractivity contribution >= 4 is 0 Å². The number of aromatic nitrogens is 3. The van der Waals surface area contributed by atoms with Crippen molar-refractivity contribution in [2.24, 2.45) is 7.05 Å². The Balaban J connectivity index is 1.73. The summed E-state index contributed by atoms with van der Waals surface area (Å²) in [6, 6.07) is 30.0. The molecular weight excluding hydrogens is 366 g/mol. The lowest BCUT2D eigenvalue weighted by Gasteiger charge is -2.22. The van der Waals surface area contributed by atoms with Gasteiger partial charge in [-0.3, -0.25) is 0 Å². The van der Waals surface area contributed by atoms with E-state index in [4.69, 9.17) is 0 Å². The third-order valence-corrected chi connectivity index (χ3v) is 5.77. The Labute approximate surface area is 177 Å². The molecule has 5 aromatic rings. The van der Waals surface area contributed by atoms with Crippen LogP contribution in [0.25, 0.3) is 0 Å². The second-order valence-corrected chi connectivity index (χ2v) is 7.77. The van der Waals surface area contributed by atoms with E-state index in [9.17, 15) is 0 Å². The summed E-state index contributed by atoms with van der Waals surface area (Å²) in [4.78, 5) is 6.93. The molecular formula is C27H25N3. The Kier molecular flexibility index (Phi) is 4.86. The number of hydrogen-bond acceptors (Lipinski definition) is 0. The standard InChI is InChI=1S/C27H25N3/c1-30-18-22(26(24-14-8-16-28-24)20-10-4-2-5-11-20)23(19-30)27(25-15-9-17-29-25)21-12-6-3-7-13-21/h2-19,26-29H,1H3. The summed E-state index contributed by atoms with van der Waals surface area (Å²) < 4.78 is 2.18. The van der Waals surface area contributed by atoms with Crippen molar-refractivity contribution in [3.63, 3.8) is 0 Å². The topological polar surface area (TPSA) is 36.5 Å². The Hall–Kier alpha value is -3.72. The maximum absolute atomic E-state index is 3.47. The molecule has 2 N–H and O–H groups in total. The van der Waals surface area contributed by atoms with Crippen molar-refractivity contribution in [1.29, 1.82) is 0 Å². The van der Waals surface area contributed by atoms with Gasteiger partial charge in [0, 0.05) is 43.2 Å². The van der Waals surface area contributed by atoms with Gasteiger partial charge in [-0.1, -0.05) is 60.7 Å². The van der Waals surface area contributed by atoms with Crippen LogP contribution in [0, 0.1) is 0 Å². The average Bonchev–Trinajstić information content (AvgIpc) is 3.55. The number of hydrogen-bond donors (Lipinski definition) is 2. The van der Waals surface area contributed by atoms with Crippen LogP contribution in [0.3, 0.4) is 0 Å². The summed E-state index contributed by atoms with van der Waals surface area (Å²) in [6.45, 7) is 0. The third-order valence-electron chi connectivity index (χ3n) is 5.77. The number of nitrogens with zero attached hydrogens (tertiary/aromatic N) is 1. The summed E-state index contributed by atoms with van der Waals surface area (Å²) in [6.07, 6.45) is 8.56. The van der Waals surface area contributed by atoms with Crippen molar-refractivity contribution in [2.75, 3.05) is 0 Å². The molecule has 3 nitrogen and oxygen atoms in total. The van der Waals surface area contributed by atoms with Gasteiger partial charge in [0.05, 0.1) is 11.8 Å². The Bertz CT molecular complexity index is 1090. The van der Waals surface area contributed by atoms with E-state index >= 15 is 0 Å². The summed E-state index contributed by atoms with van der Waals surface area (Å²) in [5, 5.41) is 0. The van der Waals surface area contributed by atoms with E-state index in [0.717, 1.165) is 0 Å². The minimum atomic E-state index is 0.138. The smallest absolute Gasteiger partial charge is 0.0508 e. The molecule has 0 aliphatic rings. The molecule has 3 aromatic heterocycles. The van der Waals surface area contributed by atoms with Crippen molar-refractivity contribution in [3.05, 3.63) is 143 Å². The maximum Gasteiger partial charge on any atom is 0.0508 e. The van der Waals surface area contributed by atoms with E-state index in [1.165, 1.54) is 33.6 Å². The predicted molar refractivity (Wildman–Crippen MR) is 122 cm³/mol. The van der Waals surface area contributed by atoms with Crippen LogP contribution in [-0.4, -0.2) is 14.5 Å². The highest BCUT2D eigenvalue weighted by Gasteiger charge is 2.28. The zero-order valence-electron chi connectivity index (χ0n) is 17.0. The van der Waals surface area contributed by atoms with Crippen molar-refractivity contribution in [3.8, 4) is 0 Å². The molecule has 3 heterocycles. The lowest BCUT2D eigenvalue weighted by molar-refractivity contribution is 0.870. The molecule has 2 unspecified atom stereocenters. The van der Waals surface area contributed by atoms with Gasteiger partial charge < -0.3 is 14.5 Å². The van der Waals surface area contributed by atoms with E-state index in [1.807, 2.05) is 12.4 Å². The first kappa shape index (κ1) is 18.3. The van der Waals surface area contributed by atoms with Gasteiger partial charge in [-0.2, -0.15) is 0 Å². The highest BCUT2D eigenvalue weighted by molar-refractivity contribution is 5.50. The molecule has 0 amide bonds. The molecule has 30 heavy (non-hydrogen) atoms. The second-order valence-electron chi connectivity index (χ2n) is 7.77. The first-order valence-corrected chi connectivity index (χ1v) is 10.3. The second kappa shape index (κ2) is 7.96. The summed E-state index contributed by atoms with van der Waals surface area (Å²) in [5.41, 5.74) is 7.60. The van der Waals surface area contributed by atoms with Gasteiger partial charge in [-0.15, -0.1) is 0 Å². The molecule has 0 saturated heterocycles. The van der Waals surface area contributed by atoms with Crippen LogP contribution in [0.2, 0.25) is 0 Å². The number of aryl methyl sites for hydroxylation is 1. The fourth-order valence-corrected chi connectivity index (χ4v) is 4.50. The minimum absolute atomic E-state index is 0.138. The SMILES string of the molecule is Cn1cc(C(c2ccccc2)c2ccc[nH]2)c(C(c2ccccc2)c2ccc[nH]2)c1. The van der Waals surface area contributed by atoms with E-state index in [-0.39, 0.29) is 11.8 Å². The van der Waals surface area contributed by atoms with E-state index < -0.39 is 0 Å². The number of benzene rings is 2. The van der Waals surface area contributed by atoms with E-state index in [2.05, 4.69) is 119 Å². The third kappa shape index (κ3) is 3.39. The van der Waals surface area contributed by atoms with Gasteiger partial charge in [0.1, 0.15) is 0 Å². The lowest BCUT2D eigenvalue weighted by atomic mass is 9.81. The zero-order valence-corrected chi connectivity index (χ0v) is 17.0. The maximum atomic E-state index is 3.47. The quantitative estimate of drug-likeness (QED) is 0.354. The van der Waals surface area contributed by atoms with Crippen molar-refractivity contribution < 1.29 is 0 Å². The number of rotatable bonds is 6. The minimum Gasteiger partial charge on any atom is -0.364 e. The Morgan fingerprint density at radius 3 is 1.37 bits per heavy atom. The Morgan fingerprint density at radius 1 is 0.567 bits per heavy atom. The van der Waals surface area contributed by atoms with Gasteiger partial charge in [-0.25, -0.2) is 0 Å². The van der Waals surface area contributed by atoms with Crippen LogP contribution in [-0.2, 0) is 7.05 Å². The summed E-state index contributed by atoms with van der Waals surface area (Å²) >= 11 is 0. The van der Waals surface area contributed by atoms with Crippen LogP contribution >= 0.6 is 0 Å². The molecule has 0 bridgehead atoms. The number of nitrogens with one attached hydrogen (secondary N) is 2. The van der Waals surface area contributed by atoms with Gasteiger partial charge >= 0.3 is 0 Å². The predicted octanol–water partition coefficient (Wildman–Crippen LogP) is 6.04. The highest BCUT2D eigenvalue weighted by atomic mass is 14.9.